The largest absolute Gasteiger partial charge is 0.466 e. The smallest absolute Gasteiger partial charge is 0.334 e. The number of hydrogen-bond acceptors (Lipinski definition) is 12. The van der Waals surface area contributed by atoms with Gasteiger partial charge in [0.1, 0.15) is 30.2 Å². The number of esters is 1. The third-order valence-electron chi connectivity index (χ3n) is 11.6. The average molecular weight is 855 g/mol. The number of ether oxygens (including phenoxy) is 1. The van der Waals surface area contributed by atoms with Gasteiger partial charge in [-0.2, -0.15) is 0 Å². The summed E-state index contributed by atoms with van der Waals surface area (Å²) >= 11 is 0. The van der Waals surface area contributed by atoms with E-state index in [4.69, 9.17) is 5.73 Å². The SMILES string of the molecule is COC(=O)/C=C/CC[C@H](NC(=O)c1c[nH]c(=O)c([N+](=O)[O-])c1)C(=O)N[C@H](C(=O)N1CC(=O)C[C@H]1C(=O)N[C@H](C(=O)N[C@H](C(N)=O)C1CCCCC1)C1CCCCC1)C(C)(C)C. The molecule has 334 valence electrons. The highest BCUT2D eigenvalue weighted by Crippen LogP contribution is 2.30. The van der Waals surface area contributed by atoms with Crippen LogP contribution in [0.3, 0.4) is 0 Å². The highest BCUT2D eigenvalue weighted by molar-refractivity contribution is 6.03. The summed E-state index contributed by atoms with van der Waals surface area (Å²) < 4.78 is 4.59. The highest BCUT2D eigenvalue weighted by Gasteiger charge is 2.46. The van der Waals surface area contributed by atoms with E-state index in [0.29, 0.717) is 12.8 Å². The van der Waals surface area contributed by atoms with Crippen molar-refractivity contribution in [2.45, 2.75) is 134 Å². The lowest BCUT2D eigenvalue weighted by molar-refractivity contribution is -0.386. The van der Waals surface area contributed by atoms with Crippen LogP contribution in [0.2, 0.25) is 0 Å². The first kappa shape index (κ1) is 47.7. The van der Waals surface area contributed by atoms with Crippen LogP contribution < -0.4 is 32.6 Å². The number of pyridine rings is 1. The molecule has 1 aromatic heterocycles. The molecule has 1 saturated heterocycles. The molecule has 0 radical (unpaired) electrons. The molecule has 20 nitrogen and oxygen atoms in total. The first-order valence-corrected chi connectivity index (χ1v) is 20.8. The second kappa shape index (κ2) is 21.5. The van der Waals surface area contributed by atoms with E-state index in [1.807, 2.05) is 0 Å². The van der Waals surface area contributed by atoms with Crippen LogP contribution in [-0.2, 0) is 38.3 Å². The van der Waals surface area contributed by atoms with Gasteiger partial charge in [0, 0.05) is 24.8 Å². The number of amides is 6. The third-order valence-corrected chi connectivity index (χ3v) is 11.6. The van der Waals surface area contributed by atoms with Crippen LogP contribution in [0.25, 0.3) is 0 Å². The lowest BCUT2D eigenvalue weighted by Gasteiger charge is -2.37. The Morgan fingerprint density at radius 1 is 0.918 bits per heavy atom. The van der Waals surface area contributed by atoms with Crippen molar-refractivity contribution in [1.29, 1.82) is 0 Å². The molecule has 6 amide bonds. The molecule has 0 unspecified atom stereocenters. The number of allylic oxidation sites excluding steroid dienone is 1. The average Bonchev–Trinajstić information content (AvgIpc) is 3.63. The van der Waals surface area contributed by atoms with E-state index in [0.717, 1.165) is 74.6 Å². The number of methoxy groups -OCH3 is 1. The molecule has 3 aliphatic rings. The summed E-state index contributed by atoms with van der Waals surface area (Å²) in [4.78, 5) is 133. The first-order valence-electron chi connectivity index (χ1n) is 20.8. The number of carbonyl (C=O) groups excluding carboxylic acids is 8. The highest BCUT2D eigenvalue weighted by atomic mass is 16.6. The molecule has 0 aromatic carbocycles. The molecule has 1 aromatic rings. The van der Waals surface area contributed by atoms with Crippen LogP contribution >= 0.6 is 0 Å². The minimum absolute atomic E-state index is 0.0345. The summed E-state index contributed by atoms with van der Waals surface area (Å²) in [5.41, 5.74) is 2.41. The van der Waals surface area contributed by atoms with Gasteiger partial charge in [0.2, 0.25) is 29.5 Å². The summed E-state index contributed by atoms with van der Waals surface area (Å²) in [7, 11) is 1.17. The van der Waals surface area contributed by atoms with Gasteiger partial charge in [0.25, 0.3) is 5.91 Å². The number of nitrogens with one attached hydrogen (secondary N) is 5. The number of carbonyl (C=O) groups is 8. The van der Waals surface area contributed by atoms with Crippen LogP contribution in [0, 0.1) is 27.4 Å². The molecule has 3 fully saturated rings. The molecular formula is C41H58N8O12. The summed E-state index contributed by atoms with van der Waals surface area (Å²) in [6, 6.07) is -5.40. The molecule has 1 aliphatic heterocycles. The first-order chi connectivity index (χ1) is 28.8. The lowest BCUT2D eigenvalue weighted by Crippen LogP contribution is -2.62. The zero-order chi connectivity index (χ0) is 45.0. The second-order valence-corrected chi connectivity index (χ2v) is 17.1. The van der Waals surface area contributed by atoms with Gasteiger partial charge < -0.3 is 41.6 Å². The lowest BCUT2D eigenvalue weighted by atomic mass is 9.81. The molecule has 0 bridgehead atoms. The van der Waals surface area contributed by atoms with Crippen LogP contribution in [0.5, 0.6) is 0 Å². The number of nitrogens with two attached hydrogens (primary N) is 1. The topological polar surface area (TPSA) is 299 Å². The number of Topliss-reactive ketones (excluding diaryl/α,β-unsaturated/α-hetero) is 1. The molecule has 4 rings (SSSR count). The fraction of sp³-hybridized carbons (Fsp3) is 0.634. The van der Waals surface area contributed by atoms with Crippen molar-refractivity contribution in [2.75, 3.05) is 13.7 Å². The predicted octanol–water partition coefficient (Wildman–Crippen LogP) is 1.21. The Morgan fingerprint density at radius 3 is 2.08 bits per heavy atom. The van der Waals surface area contributed by atoms with Crippen molar-refractivity contribution in [3.8, 4) is 0 Å². The van der Waals surface area contributed by atoms with Crippen LogP contribution in [0.4, 0.5) is 5.69 Å². The van der Waals surface area contributed by atoms with Gasteiger partial charge in [-0.3, -0.25) is 48.5 Å². The number of rotatable bonds is 17. The van der Waals surface area contributed by atoms with Gasteiger partial charge >= 0.3 is 17.2 Å². The Balaban J connectivity index is 1.57. The summed E-state index contributed by atoms with van der Waals surface area (Å²) in [5.74, 6) is -6.17. The number of nitro groups is 1. The van der Waals surface area contributed by atoms with Gasteiger partial charge in [-0.15, -0.1) is 0 Å². The molecule has 61 heavy (non-hydrogen) atoms. The van der Waals surface area contributed by atoms with E-state index in [-0.39, 0.29) is 36.7 Å². The van der Waals surface area contributed by atoms with E-state index in [1.54, 1.807) is 20.8 Å². The van der Waals surface area contributed by atoms with Gasteiger partial charge in [-0.05, 0) is 55.8 Å². The second-order valence-electron chi connectivity index (χ2n) is 17.1. The van der Waals surface area contributed by atoms with Gasteiger partial charge in [0.15, 0.2) is 5.78 Å². The maximum atomic E-state index is 14.5. The van der Waals surface area contributed by atoms with E-state index < -0.39 is 106 Å². The third kappa shape index (κ3) is 13.0. The molecule has 0 spiro atoms. The summed E-state index contributed by atoms with van der Waals surface area (Å²) in [5, 5.41) is 22.1. The van der Waals surface area contributed by atoms with Crippen molar-refractivity contribution >= 4 is 52.9 Å². The molecule has 7 N–H and O–H groups in total. The standard InChI is InChI=1S/C41H58N8O12/c1-41(2,3)33(47-36(54)27(17-11-12-18-30(51)61-4)44-35(53)25-19-29(49(59)60)37(55)43-21-25)40(58)48-22-26(50)20-28(48)38(56)46-32(24-15-9-6-10-16-24)39(57)45-31(34(42)52)23-13-7-5-8-14-23/h12,18-19,21,23-24,27-28,31-33H,5-11,13-17,20,22H2,1-4H3,(H2,42,52)(H,43,55)(H,44,53)(H,45,57)(H,46,56)(H,47,54)/b18-12+/t27-,28-,31-,32-,33+/m0/s1. The number of primary amides is 1. The number of H-pyrrole nitrogens is 1. The van der Waals surface area contributed by atoms with Crippen molar-refractivity contribution < 1.29 is 48.0 Å². The minimum atomic E-state index is -1.41. The molecule has 2 aliphatic carbocycles. The Morgan fingerprint density at radius 2 is 1.52 bits per heavy atom. The number of aromatic nitrogens is 1. The minimum Gasteiger partial charge on any atom is -0.466 e. The molecular weight excluding hydrogens is 796 g/mol. The number of aromatic amines is 1. The zero-order valence-corrected chi connectivity index (χ0v) is 35.1. The number of hydrogen-bond donors (Lipinski definition) is 6. The zero-order valence-electron chi connectivity index (χ0n) is 35.1. The summed E-state index contributed by atoms with van der Waals surface area (Å²) in [6.07, 6.45) is 11.1. The number of likely N-dealkylation sites (tertiary alicyclic amines) is 1. The maximum absolute atomic E-state index is 14.5. The van der Waals surface area contributed by atoms with Crippen LogP contribution in [0.1, 0.15) is 115 Å². The Kier molecular flexibility index (Phi) is 16.8. The molecule has 5 atom stereocenters. The van der Waals surface area contributed by atoms with Crippen molar-refractivity contribution in [3.63, 3.8) is 0 Å². The summed E-state index contributed by atoms with van der Waals surface area (Å²) in [6.45, 7) is 4.45. The maximum Gasteiger partial charge on any atom is 0.334 e. The quantitative estimate of drug-likeness (QED) is 0.0558. The van der Waals surface area contributed by atoms with Gasteiger partial charge in [-0.25, -0.2) is 4.79 Å². The fourth-order valence-electron chi connectivity index (χ4n) is 8.22. The van der Waals surface area contributed by atoms with Crippen molar-refractivity contribution in [1.82, 2.24) is 31.2 Å². The van der Waals surface area contributed by atoms with Gasteiger partial charge in [0.05, 0.1) is 24.1 Å². The van der Waals surface area contributed by atoms with Gasteiger partial charge in [-0.1, -0.05) is 65.4 Å². The Labute approximate surface area is 353 Å². The van der Waals surface area contributed by atoms with Crippen molar-refractivity contribution in [3.05, 3.63) is 50.4 Å². The van der Waals surface area contributed by atoms with Crippen LogP contribution in [0.15, 0.2) is 29.2 Å². The molecule has 2 saturated carbocycles. The van der Waals surface area contributed by atoms with E-state index in [1.165, 1.54) is 13.2 Å². The fourth-order valence-corrected chi connectivity index (χ4v) is 8.22. The Hall–Kier alpha value is -5.95. The predicted molar refractivity (Wildman–Crippen MR) is 218 cm³/mol. The molecule has 2 heterocycles. The Bertz CT molecular complexity index is 1930. The van der Waals surface area contributed by atoms with E-state index in [9.17, 15) is 53.3 Å². The number of ketones is 1. The van der Waals surface area contributed by atoms with E-state index >= 15 is 0 Å². The number of nitrogens with zero attached hydrogens (tertiary/aromatic N) is 2. The molecule has 20 heteroatoms. The van der Waals surface area contributed by atoms with E-state index in [2.05, 4.69) is 31.0 Å². The monoisotopic (exact) mass is 854 g/mol. The van der Waals surface area contributed by atoms with Crippen molar-refractivity contribution in [2.24, 2.45) is 23.0 Å². The van der Waals surface area contributed by atoms with Crippen LogP contribution in [-0.4, -0.2) is 106 Å². The normalized spacial score (nSPS) is 19.6.